The van der Waals surface area contributed by atoms with Crippen molar-refractivity contribution in [2.45, 2.75) is 13.1 Å². The number of hydrogen-bond acceptors (Lipinski definition) is 5. The molecule has 0 atom stereocenters. The lowest BCUT2D eigenvalue weighted by Gasteiger charge is -2.07. The van der Waals surface area contributed by atoms with Gasteiger partial charge in [-0.05, 0) is 23.3 Å². The first-order valence-electron chi connectivity index (χ1n) is 8.59. The van der Waals surface area contributed by atoms with Gasteiger partial charge in [-0.25, -0.2) is 9.50 Å². The van der Waals surface area contributed by atoms with Crippen molar-refractivity contribution in [3.05, 3.63) is 90.0 Å². The van der Waals surface area contributed by atoms with Crippen molar-refractivity contribution in [2.24, 2.45) is 0 Å². The van der Waals surface area contributed by atoms with Gasteiger partial charge in [0.25, 0.3) is 5.91 Å². The second-order valence-electron chi connectivity index (χ2n) is 6.02. The Morgan fingerprint density at radius 3 is 2.63 bits per heavy atom. The van der Waals surface area contributed by atoms with Crippen molar-refractivity contribution >= 4 is 17.4 Å². The summed E-state index contributed by atoms with van der Waals surface area (Å²) in [4.78, 5) is 21.2. The predicted octanol–water partition coefficient (Wildman–Crippen LogP) is 2.67. The van der Waals surface area contributed by atoms with E-state index in [1.165, 1.54) is 6.20 Å². The van der Waals surface area contributed by atoms with Gasteiger partial charge in [-0.1, -0.05) is 36.4 Å². The number of carbonyl (C=O) groups is 1. The van der Waals surface area contributed by atoms with E-state index in [9.17, 15) is 4.79 Å². The Kier molecular flexibility index (Phi) is 4.74. The average Bonchev–Trinajstić information content (AvgIpc) is 3.15. The number of hydrogen-bond donors (Lipinski definition) is 2. The zero-order chi connectivity index (χ0) is 18.5. The van der Waals surface area contributed by atoms with Crippen LogP contribution >= 0.6 is 0 Å². The summed E-state index contributed by atoms with van der Waals surface area (Å²) in [7, 11) is 0. The summed E-state index contributed by atoms with van der Waals surface area (Å²) in [5, 5.41) is 10.4. The zero-order valence-corrected chi connectivity index (χ0v) is 14.5. The summed E-state index contributed by atoms with van der Waals surface area (Å²) < 4.78 is 1.59. The van der Waals surface area contributed by atoms with Crippen LogP contribution in [0.5, 0.6) is 0 Å². The van der Waals surface area contributed by atoms with E-state index >= 15 is 0 Å². The molecule has 0 radical (unpaired) electrons. The maximum Gasteiger partial charge on any atom is 0.257 e. The fourth-order valence-corrected chi connectivity index (χ4v) is 2.70. The van der Waals surface area contributed by atoms with Gasteiger partial charge in [0.15, 0.2) is 5.65 Å². The first-order valence-corrected chi connectivity index (χ1v) is 8.59. The summed E-state index contributed by atoms with van der Waals surface area (Å²) >= 11 is 0. The third-order valence-corrected chi connectivity index (χ3v) is 4.11. The first kappa shape index (κ1) is 16.7. The molecule has 0 fully saturated rings. The SMILES string of the molecule is O=C(NCc1ccccc1)c1cnn2ccc(NCc3cccnc3)nc12. The van der Waals surface area contributed by atoms with Gasteiger partial charge in [0, 0.05) is 31.7 Å². The molecule has 134 valence electrons. The summed E-state index contributed by atoms with van der Waals surface area (Å²) in [5.41, 5.74) is 3.04. The van der Waals surface area contributed by atoms with Gasteiger partial charge in [-0.2, -0.15) is 5.10 Å². The zero-order valence-electron chi connectivity index (χ0n) is 14.5. The molecule has 0 bridgehead atoms. The largest absolute Gasteiger partial charge is 0.366 e. The molecule has 0 saturated carbocycles. The lowest BCUT2D eigenvalue weighted by Crippen LogP contribution is -2.22. The van der Waals surface area contributed by atoms with Gasteiger partial charge in [0.2, 0.25) is 0 Å². The van der Waals surface area contributed by atoms with Gasteiger partial charge < -0.3 is 10.6 Å². The molecule has 7 nitrogen and oxygen atoms in total. The minimum Gasteiger partial charge on any atom is -0.366 e. The molecular weight excluding hydrogens is 340 g/mol. The van der Waals surface area contributed by atoms with Crippen molar-refractivity contribution in [3.63, 3.8) is 0 Å². The smallest absolute Gasteiger partial charge is 0.257 e. The molecule has 1 aromatic carbocycles. The molecule has 0 unspecified atom stereocenters. The molecule has 4 rings (SSSR count). The van der Waals surface area contributed by atoms with E-state index in [2.05, 4.69) is 25.7 Å². The van der Waals surface area contributed by atoms with Crippen LogP contribution in [-0.2, 0) is 13.1 Å². The third kappa shape index (κ3) is 3.92. The number of rotatable bonds is 6. The number of amides is 1. The van der Waals surface area contributed by atoms with Crippen LogP contribution in [0.3, 0.4) is 0 Å². The average molecular weight is 358 g/mol. The molecule has 0 aliphatic heterocycles. The monoisotopic (exact) mass is 358 g/mol. The number of aromatic nitrogens is 4. The Morgan fingerprint density at radius 1 is 0.963 bits per heavy atom. The number of nitrogens with one attached hydrogen (secondary N) is 2. The standard InChI is InChI=1S/C20H18N6O/c27-20(23-12-15-5-2-1-3-6-15)17-14-24-26-10-8-18(25-19(17)26)22-13-16-7-4-9-21-11-16/h1-11,14H,12-13H2,(H,22,25)(H,23,27). The summed E-state index contributed by atoms with van der Waals surface area (Å²) in [6.07, 6.45) is 6.85. The van der Waals surface area contributed by atoms with Crippen LogP contribution in [0.1, 0.15) is 21.5 Å². The maximum absolute atomic E-state index is 12.6. The van der Waals surface area contributed by atoms with E-state index in [1.807, 2.05) is 48.5 Å². The van der Waals surface area contributed by atoms with Crippen LogP contribution in [0.25, 0.3) is 5.65 Å². The Balaban J connectivity index is 1.48. The maximum atomic E-state index is 12.6. The molecule has 0 aliphatic carbocycles. The number of pyridine rings is 1. The molecule has 1 amide bonds. The normalized spacial score (nSPS) is 10.7. The lowest BCUT2D eigenvalue weighted by molar-refractivity contribution is 0.0952. The van der Waals surface area contributed by atoms with E-state index in [0.29, 0.717) is 30.1 Å². The Bertz CT molecular complexity index is 1050. The summed E-state index contributed by atoms with van der Waals surface area (Å²) in [5.74, 6) is 0.467. The molecule has 27 heavy (non-hydrogen) atoms. The van der Waals surface area contributed by atoms with Crippen molar-refractivity contribution in [1.82, 2.24) is 24.9 Å². The highest BCUT2D eigenvalue weighted by Gasteiger charge is 2.14. The topological polar surface area (TPSA) is 84.2 Å². The molecule has 0 saturated heterocycles. The number of fused-ring (bicyclic) bond motifs is 1. The van der Waals surface area contributed by atoms with E-state index in [1.54, 1.807) is 23.1 Å². The van der Waals surface area contributed by atoms with Crippen LogP contribution in [0.4, 0.5) is 5.82 Å². The van der Waals surface area contributed by atoms with E-state index < -0.39 is 0 Å². The second-order valence-corrected chi connectivity index (χ2v) is 6.02. The van der Waals surface area contributed by atoms with Crippen LogP contribution in [-0.4, -0.2) is 25.5 Å². The predicted molar refractivity (Wildman–Crippen MR) is 102 cm³/mol. The Morgan fingerprint density at radius 2 is 1.81 bits per heavy atom. The highest BCUT2D eigenvalue weighted by atomic mass is 16.1. The molecule has 0 aliphatic rings. The van der Waals surface area contributed by atoms with Crippen molar-refractivity contribution in [2.75, 3.05) is 5.32 Å². The van der Waals surface area contributed by atoms with Crippen LogP contribution in [0, 0.1) is 0 Å². The van der Waals surface area contributed by atoms with Crippen LogP contribution in [0.2, 0.25) is 0 Å². The van der Waals surface area contributed by atoms with Gasteiger partial charge in [0.1, 0.15) is 11.4 Å². The number of benzene rings is 1. The lowest BCUT2D eigenvalue weighted by atomic mass is 10.2. The molecule has 3 aromatic heterocycles. The van der Waals surface area contributed by atoms with E-state index in [4.69, 9.17) is 0 Å². The molecule has 0 spiro atoms. The van der Waals surface area contributed by atoms with Gasteiger partial charge in [-0.3, -0.25) is 9.78 Å². The van der Waals surface area contributed by atoms with Gasteiger partial charge in [0.05, 0.1) is 6.20 Å². The van der Waals surface area contributed by atoms with E-state index in [0.717, 1.165) is 11.1 Å². The quantitative estimate of drug-likeness (QED) is 0.554. The number of anilines is 1. The molecule has 3 heterocycles. The second kappa shape index (κ2) is 7.65. The van der Waals surface area contributed by atoms with Crippen molar-refractivity contribution in [3.8, 4) is 0 Å². The van der Waals surface area contributed by atoms with E-state index in [-0.39, 0.29) is 5.91 Å². The van der Waals surface area contributed by atoms with Crippen LogP contribution in [0.15, 0.2) is 73.3 Å². The number of nitrogens with zero attached hydrogens (tertiary/aromatic N) is 4. The highest BCUT2D eigenvalue weighted by molar-refractivity contribution is 5.99. The third-order valence-electron chi connectivity index (χ3n) is 4.11. The molecule has 2 N–H and O–H groups in total. The minimum atomic E-state index is -0.203. The number of carbonyl (C=O) groups excluding carboxylic acids is 1. The van der Waals surface area contributed by atoms with Gasteiger partial charge >= 0.3 is 0 Å². The first-order chi connectivity index (χ1) is 13.3. The molecule has 7 heteroatoms. The Hall–Kier alpha value is -3.74. The van der Waals surface area contributed by atoms with Crippen molar-refractivity contribution in [1.29, 1.82) is 0 Å². The fourth-order valence-electron chi connectivity index (χ4n) is 2.70. The minimum absolute atomic E-state index is 0.203. The summed E-state index contributed by atoms with van der Waals surface area (Å²) in [6.45, 7) is 1.05. The molecular formula is C20H18N6O. The van der Waals surface area contributed by atoms with Crippen LogP contribution < -0.4 is 10.6 Å². The summed E-state index contributed by atoms with van der Waals surface area (Å²) in [6, 6.07) is 15.5. The Labute approximate surface area is 156 Å². The van der Waals surface area contributed by atoms with Gasteiger partial charge in [-0.15, -0.1) is 0 Å². The van der Waals surface area contributed by atoms with Crippen molar-refractivity contribution < 1.29 is 4.79 Å². The highest BCUT2D eigenvalue weighted by Crippen LogP contribution is 2.13. The fraction of sp³-hybridized carbons (Fsp3) is 0.100. The molecule has 4 aromatic rings.